The molecule has 0 fully saturated rings. The van der Waals surface area contributed by atoms with Gasteiger partial charge >= 0.3 is 5.97 Å². The van der Waals surface area contributed by atoms with Crippen LogP contribution in [0.5, 0.6) is 5.75 Å². The average Bonchev–Trinajstić information content (AvgIpc) is 2.82. The highest BCUT2D eigenvalue weighted by atomic mass is 79.9. The molecule has 8 heteroatoms. The van der Waals surface area contributed by atoms with Crippen LogP contribution in [0.4, 0.5) is 5.69 Å². The van der Waals surface area contributed by atoms with Crippen molar-refractivity contribution in [2.24, 2.45) is 0 Å². The standard InChI is InChI=1S/C25H18BrClN2O4/c1-32-23-11-10-17(27)12-22(23)29-24(30)14-33-25(31)19-13-21(15-6-8-16(26)9-7-15)28-20-5-3-2-4-18(19)20/h2-13H,14H2,1H3,(H,29,30). The highest BCUT2D eigenvalue weighted by Gasteiger charge is 2.17. The van der Waals surface area contributed by atoms with E-state index in [-0.39, 0.29) is 0 Å². The van der Waals surface area contributed by atoms with Gasteiger partial charge in [0.2, 0.25) is 0 Å². The number of rotatable bonds is 6. The predicted molar refractivity (Wildman–Crippen MR) is 132 cm³/mol. The number of anilines is 1. The van der Waals surface area contributed by atoms with Crippen LogP contribution in [0, 0.1) is 0 Å². The van der Waals surface area contributed by atoms with Crippen LogP contribution in [0.2, 0.25) is 5.02 Å². The molecule has 166 valence electrons. The largest absolute Gasteiger partial charge is 0.495 e. The van der Waals surface area contributed by atoms with Crippen LogP contribution in [0.25, 0.3) is 22.2 Å². The molecule has 0 radical (unpaired) electrons. The van der Waals surface area contributed by atoms with E-state index in [0.717, 1.165) is 10.0 Å². The first kappa shape index (κ1) is 22.8. The Morgan fingerprint density at radius 1 is 1.03 bits per heavy atom. The van der Waals surface area contributed by atoms with Crippen molar-refractivity contribution in [3.63, 3.8) is 0 Å². The zero-order chi connectivity index (χ0) is 23.4. The number of carbonyl (C=O) groups excluding carboxylic acids is 2. The fourth-order valence-electron chi connectivity index (χ4n) is 3.29. The van der Waals surface area contributed by atoms with Gasteiger partial charge in [-0.2, -0.15) is 0 Å². The van der Waals surface area contributed by atoms with Crippen LogP contribution in [-0.4, -0.2) is 30.6 Å². The van der Waals surface area contributed by atoms with Crippen molar-refractivity contribution in [3.8, 4) is 17.0 Å². The van der Waals surface area contributed by atoms with Gasteiger partial charge in [-0.05, 0) is 42.5 Å². The third kappa shape index (κ3) is 5.32. The fourth-order valence-corrected chi connectivity index (χ4v) is 3.72. The number of amides is 1. The number of esters is 1. The molecule has 0 aliphatic heterocycles. The Morgan fingerprint density at radius 2 is 1.79 bits per heavy atom. The van der Waals surface area contributed by atoms with E-state index in [1.54, 1.807) is 30.3 Å². The minimum atomic E-state index is -0.625. The smallest absolute Gasteiger partial charge is 0.339 e. The molecular weight excluding hydrogens is 508 g/mol. The number of carbonyl (C=O) groups is 2. The van der Waals surface area contributed by atoms with Crippen molar-refractivity contribution >= 4 is 56.0 Å². The Bertz CT molecular complexity index is 1340. The van der Waals surface area contributed by atoms with Crippen LogP contribution in [-0.2, 0) is 9.53 Å². The van der Waals surface area contributed by atoms with Crippen LogP contribution < -0.4 is 10.1 Å². The zero-order valence-corrected chi connectivity index (χ0v) is 19.8. The van der Waals surface area contributed by atoms with Gasteiger partial charge in [0, 0.05) is 20.4 Å². The first-order valence-corrected chi connectivity index (χ1v) is 11.1. The molecule has 1 N–H and O–H groups in total. The Hall–Kier alpha value is -3.42. The van der Waals surface area contributed by atoms with Gasteiger partial charge in [0.05, 0.1) is 29.6 Å². The normalized spacial score (nSPS) is 10.6. The van der Waals surface area contributed by atoms with Gasteiger partial charge in [-0.3, -0.25) is 4.79 Å². The number of fused-ring (bicyclic) bond motifs is 1. The van der Waals surface area contributed by atoms with Crippen molar-refractivity contribution in [2.75, 3.05) is 19.0 Å². The van der Waals surface area contributed by atoms with E-state index in [9.17, 15) is 9.59 Å². The van der Waals surface area contributed by atoms with Crippen molar-refractivity contribution in [1.82, 2.24) is 4.98 Å². The lowest BCUT2D eigenvalue weighted by Gasteiger charge is -2.12. The number of halogens is 2. The number of pyridine rings is 1. The quantitative estimate of drug-likeness (QED) is 0.307. The molecular formula is C25H18BrClN2O4. The van der Waals surface area contributed by atoms with Crippen LogP contribution >= 0.6 is 27.5 Å². The first-order chi connectivity index (χ1) is 15.9. The molecule has 4 aromatic rings. The Kier molecular flexibility index (Phi) is 6.91. The van der Waals surface area contributed by atoms with Crippen molar-refractivity contribution in [1.29, 1.82) is 0 Å². The van der Waals surface area contributed by atoms with Crippen LogP contribution in [0.3, 0.4) is 0 Å². The van der Waals surface area contributed by atoms with Gasteiger partial charge in [0.1, 0.15) is 5.75 Å². The molecule has 0 aliphatic rings. The lowest BCUT2D eigenvalue weighted by atomic mass is 10.0. The van der Waals surface area contributed by atoms with Crippen LogP contribution in [0.1, 0.15) is 10.4 Å². The minimum absolute atomic E-state index is 0.326. The summed E-state index contributed by atoms with van der Waals surface area (Å²) in [5.41, 5.74) is 2.84. The zero-order valence-electron chi connectivity index (χ0n) is 17.5. The summed E-state index contributed by atoms with van der Waals surface area (Å²) in [6, 6.07) is 21.4. The number of nitrogens with zero attached hydrogens (tertiary/aromatic N) is 1. The van der Waals surface area contributed by atoms with Crippen LogP contribution in [0.15, 0.2) is 77.3 Å². The molecule has 4 rings (SSSR count). The molecule has 0 saturated carbocycles. The lowest BCUT2D eigenvalue weighted by molar-refractivity contribution is -0.119. The molecule has 0 unspecified atom stereocenters. The third-order valence-electron chi connectivity index (χ3n) is 4.85. The second-order valence-corrected chi connectivity index (χ2v) is 8.40. The number of nitrogens with one attached hydrogen (secondary N) is 1. The Morgan fingerprint density at radius 3 is 2.55 bits per heavy atom. The summed E-state index contributed by atoms with van der Waals surface area (Å²) in [5, 5.41) is 3.72. The van der Waals surface area contributed by atoms with Gasteiger partial charge in [-0.1, -0.05) is 57.9 Å². The molecule has 0 atom stereocenters. The number of aromatic nitrogens is 1. The lowest BCUT2D eigenvalue weighted by Crippen LogP contribution is -2.21. The van der Waals surface area contributed by atoms with E-state index in [4.69, 9.17) is 21.1 Å². The van der Waals surface area contributed by atoms with Gasteiger partial charge in [-0.25, -0.2) is 9.78 Å². The molecule has 1 aromatic heterocycles. The minimum Gasteiger partial charge on any atom is -0.495 e. The molecule has 0 aliphatic carbocycles. The summed E-state index contributed by atoms with van der Waals surface area (Å²) >= 11 is 9.41. The highest BCUT2D eigenvalue weighted by Crippen LogP contribution is 2.28. The topological polar surface area (TPSA) is 77.5 Å². The second kappa shape index (κ2) is 10.0. The Balaban J connectivity index is 1.56. The second-order valence-electron chi connectivity index (χ2n) is 7.05. The van der Waals surface area contributed by atoms with Crippen molar-refractivity contribution < 1.29 is 19.1 Å². The number of hydrogen-bond donors (Lipinski definition) is 1. The monoisotopic (exact) mass is 524 g/mol. The Labute approximate surface area is 203 Å². The van der Waals surface area contributed by atoms with Gasteiger partial charge < -0.3 is 14.8 Å². The molecule has 1 amide bonds. The molecule has 0 spiro atoms. The molecule has 6 nitrogen and oxygen atoms in total. The number of hydrogen-bond acceptors (Lipinski definition) is 5. The van der Waals surface area contributed by atoms with E-state index in [2.05, 4.69) is 26.2 Å². The van der Waals surface area contributed by atoms with Crippen molar-refractivity contribution in [3.05, 3.63) is 87.9 Å². The molecule has 0 bridgehead atoms. The average molecular weight is 526 g/mol. The SMILES string of the molecule is COc1ccc(Cl)cc1NC(=O)COC(=O)c1cc(-c2ccc(Br)cc2)nc2ccccc12. The van der Waals surface area contributed by atoms with Crippen molar-refractivity contribution in [2.45, 2.75) is 0 Å². The van der Waals surface area contributed by atoms with E-state index in [0.29, 0.717) is 38.6 Å². The van der Waals surface area contributed by atoms with E-state index < -0.39 is 18.5 Å². The molecule has 0 saturated heterocycles. The van der Waals surface area contributed by atoms with Gasteiger partial charge in [0.15, 0.2) is 6.61 Å². The van der Waals surface area contributed by atoms with E-state index >= 15 is 0 Å². The van der Waals surface area contributed by atoms with E-state index in [1.807, 2.05) is 42.5 Å². The maximum atomic E-state index is 12.9. The summed E-state index contributed by atoms with van der Waals surface area (Å²) in [6.07, 6.45) is 0. The first-order valence-electron chi connectivity index (χ1n) is 9.91. The summed E-state index contributed by atoms with van der Waals surface area (Å²) in [4.78, 5) is 30.0. The maximum absolute atomic E-state index is 12.9. The summed E-state index contributed by atoms with van der Waals surface area (Å²) in [6.45, 7) is -0.473. The fraction of sp³-hybridized carbons (Fsp3) is 0.0800. The molecule has 3 aromatic carbocycles. The maximum Gasteiger partial charge on any atom is 0.339 e. The number of para-hydroxylation sites is 1. The number of methoxy groups -OCH3 is 1. The third-order valence-corrected chi connectivity index (χ3v) is 5.61. The number of benzene rings is 3. The number of ether oxygens (including phenoxy) is 2. The molecule has 33 heavy (non-hydrogen) atoms. The molecule has 1 heterocycles. The summed E-state index contributed by atoms with van der Waals surface area (Å²) < 4.78 is 11.5. The van der Waals surface area contributed by atoms with Gasteiger partial charge in [0.25, 0.3) is 5.91 Å². The predicted octanol–water partition coefficient (Wildman–Crippen LogP) is 6.12. The highest BCUT2D eigenvalue weighted by molar-refractivity contribution is 9.10. The van der Waals surface area contributed by atoms with Gasteiger partial charge in [-0.15, -0.1) is 0 Å². The summed E-state index contributed by atoms with van der Waals surface area (Å²) in [5.74, 6) is -0.700. The van der Waals surface area contributed by atoms with E-state index in [1.165, 1.54) is 7.11 Å². The summed E-state index contributed by atoms with van der Waals surface area (Å²) in [7, 11) is 1.48.